The summed E-state index contributed by atoms with van der Waals surface area (Å²) in [6, 6.07) is 8.65. The number of benzene rings is 1. The Balaban J connectivity index is 1.43. The number of tetrazole rings is 1. The summed E-state index contributed by atoms with van der Waals surface area (Å²) in [5.74, 6) is 1.06. The van der Waals surface area contributed by atoms with Gasteiger partial charge in [-0.1, -0.05) is 58.5 Å². The molecule has 1 amide bonds. The molecule has 6 nitrogen and oxygen atoms in total. The fourth-order valence-corrected chi connectivity index (χ4v) is 6.17. The number of hydrogen-bond acceptors (Lipinski definition) is 5. The Hall–Kier alpha value is -1.89. The molecular formula is C22H31N5OS. The van der Waals surface area contributed by atoms with Crippen molar-refractivity contribution in [3.05, 3.63) is 29.8 Å². The first kappa shape index (κ1) is 20.4. The molecule has 1 aliphatic carbocycles. The predicted octanol–water partition coefficient (Wildman–Crippen LogP) is 4.31. The van der Waals surface area contributed by atoms with Crippen LogP contribution in [0.2, 0.25) is 0 Å². The monoisotopic (exact) mass is 413 g/mol. The highest BCUT2D eigenvalue weighted by molar-refractivity contribution is 7.99. The topological polar surface area (TPSA) is 63.9 Å². The number of nitrogens with zero attached hydrogens (tertiary/aromatic N) is 5. The van der Waals surface area contributed by atoms with Gasteiger partial charge in [-0.3, -0.25) is 4.79 Å². The summed E-state index contributed by atoms with van der Waals surface area (Å²) >= 11 is 1.42. The zero-order chi connectivity index (χ0) is 20.8. The summed E-state index contributed by atoms with van der Waals surface area (Å²) in [6.45, 7) is 12.2. The average molecular weight is 414 g/mol. The van der Waals surface area contributed by atoms with E-state index in [0.717, 1.165) is 25.1 Å². The number of amides is 1. The van der Waals surface area contributed by atoms with Crippen molar-refractivity contribution in [1.82, 2.24) is 25.1 Å². The molecule has 2 aliphatic rings. The van der Waals surface area contributed by atoms with E-state index in [9.17, 15) is 4.79 Å². The maximum Gasteiger partial charge on any atom is 0.233 e. The lowest BCUT2D eigenvalue weighted by atomic mass is 9.65. The second kappa shape index (κ2) is 7.42. The standard InChI is InChI=1S/C22H31N5OS/c1-15(2)16-6-8-17(9-7-16)27-20(23-24-25-27)29-12-19(28)26-14-22(5)11-18(26)10-21(3,4)13-22/h6-9,15,18H,10-14H2,1-5H3/t18-,22-/m0/s1. The molecule has 1 aromatic heterocycles. The number of likely N-dealkylation sites (tertiary alicyclic amines) is 1. The normalized spacial score (nSPS) is 25.6. The highest BCUT2D eigenvalue weighted by Crippen LogP contribution is 2.52. The Kier molecular flexibility index (Phi) is 5.21. The van der Waals surface area contributed by atoms with Crippen LogP contribution in [0, 0.1) is 10.8 Å². The third kappa shape index (κ3) is 4.20. The molecule has 156 valence electrons. The van der Waals surface area contributed by atoms with Gasteiger partial charge in [0, 0.05) is 12.6 Å². The third-order valence-electron chi connectivity index (χ3n) is 6.31. The molecule has 4 rings (SSSR count). The molecule has 1 saturated heterocycles. The van der Waals surface area contributed by atoms with E-state index in [0.29, 0.717) is 28.3 Å². The van der Waals surface area contributed by atoms with Crippen molar-refractivity contribution in [1.29, 1.82) is 0 Å². The van der Waals surface area contributed by atoms with Gasteiger partial charge in [-0.2, -0.15) is 4.68 Å². The Morgan fingerprint density at radius 1 is 1.21 bits per heavy atom. The van der Waals surface area contributed by atoms with Crippen LogP contribution in [0.15, 0.2) is 29.4 Å². The molecule has 1 saturated carbocycles. The first-order valence-electron chi connectivity index (χ1n) is 10.5. The molecule has 2 atom stereocenters. The Labute approximate surface area is 177 Å². The van der Waals surface area contributed by atoms with Gasteiger partial charge in [0.25, 0.3) is 0 Å². The van der Waals surface area contributed by atoms with Gasteiger partial charge >= 0.3 is 0 Å². The Bertz CT molecular complexity index is 891. The van der Waals surface area contributed by atoms with Crippen LogP contribution in [0.3, 0.4) is 0 Å². The molecule has 0 N–H and O–H groups in total. The third-order valence-corrected chi connectivity index (χ3v) is 7.21. The summed E-state index contributed by atoms with van der Waals surface area (Å²) in [4.78, 5) is 15.1. The minimum Gasteiger partial charge on any atom is -0.338 e. The molecule has 2 heterocycles. The van der Waals surface area contributed by atoms with Crippen molar-refractivity contribution in [2.45, 2.75) is 71.0 Å². The lowest BCUT2D eigenvalue weighted by molar-refractivity contribution is -0.129. The van der Waals surface area contributed by atoms with E-state index in [1.54, 1.807) is 4.68 Å². The molecule has 29 heavy (non-hydrogen) atoms. The van der Waals surface area contributed by atoms with Crippen molar-refractivity contribution < 1.29 is 4.79 Å². The lowest BCUT2D eigenvalue weighted by Crippen LogP contribution is -2.38. The largest absolute Gasteiger partial charge is 0.338 e. The van der Waals surface area contributed by atoms with Gasteiger partial charge in [0.05, 0.1) is 11.4 Å². The van der Waals surface area contributed by atoms with Crippen LogP contribution < -0.4 is 0 Å². The van der Waals surface area contributed by atoms with Gasteiger partial charge in [0.2, 0.25) is 11.1 Å². The first-order valence-corrected chi connectivity index (χ1v) is 11.5. The summed E-state index contributed by atoms with van der Waals surface area (Å²) in [5, 5.41) is 12.8. The second-order valence-corrected chi connectivity index (χ2v) is 11.1. The lowest BCUT2D eigenvalue weighted by Gasteiger charge is -2.39. The van der Waals surface area contributed by atoms with E-state index in [1.807, 2.05) is 12.1 Å². The second-order valence-electron chi connectivity index (χ2n) is 10.1. The molecule has 7 heteroatoms. The van der Waals surface area contributed by atoms with Crippen LogP contribution in [0.5, 0.6) is 0 Å². The zero-order valence-electron chi connectivity index (χ0n) is 18.1. The van der Waals surface area contributed by atoms with Gasteiger partial charge in [0.1, 0.15) is 0 Å². The minimum atomic E-state index is 0.200. The van der Waals surface area contributed by atoms with E-state index in [4.69, 9.17) is 0 Å². The first-order chi connectivity index (χ1) is 13.7. The van der Waals surface area contributed by atoms with E-state index in [-0.39, 0.29) is 11.3 Å². The molecule has 0 unspecified atom stereocenters. The van der Waals surface area contributed by atoms with Crippen molar-refractivity contribution >= 4 is 17.7 Å². The van der Waals surface area contributed by atoms with E-state index >= 15 is 0 Å². The van der Waals surface area contributed by atoms with Gasteiger partial charge in [-0.15, -0.1) is 5.10 Å². The number of carbonyl (C=O) groups excluding carboxylic acids is 1. The quantitative estimate of drug-likeness (QED) is 0.684. The number of rotatable bonds is 5. The van der Waals surface area contributed by atoms with E-state index in [2.05, 4.69) is 67.2 Å². The summed E-state index contributed by atoms with van der Waals surface area (Å²) < 4.78 is 1.72. The average Bonchev–Trinajstić information content (AvgIpc) is 3.20. The molecule has 2 bridgehead atoms. The predicted molar refractivity (Wildman–Crippen MR) is 115 cm³/mol. The molecule has 0 spiro atoms. The highest BCUT2D eigenvalue weighted by Gasteiger charge is 2.50. The maximum atomic E-state index is 13.0. The summed E-state index contributed by atoms with van der Waals surface area (Å²) in [5.41, 5.74) is 2.77. The van der Waals surface area contributed by atoms with Gasteiger partial charge in [0.15, 0.2) is 0 Å². The molecule has 2 aromatic rings. The van der Waals surface area contributed by atoms with E-state index in [1.165, 1.54) is 23.7 Å². The van der Waals surface area contributed by atoms with Crippen molar-refractivity contribution in [3.63, 3.8) is 0 Å². The van der Waals surface area contributed by atoms with Crippen LogP contribution in [0.4, 0.5) is 0 Å². The van der Waals surface area contributed by atoms with Gasteiger partial charge < -0.3 is 4.90 Å². The molecule has 2 fully saturated rings. The number of thioether (sulfide) groups is 1. The number of carbonyl (C=O) groups is 1. The SMILES string of the molecule is CC(C)c1ccc(-n2nnnc2SCC(=O)N2C[C@@]3(C)C[C@@H]2CC(C)(C)C3)cc1. The van der Waals surface area contributed by atoms with Gasteiger partial charge in [-0.25, -0.2) is 0 Å². The molecule has 0 radical (unpaired) electrons. The van der Waals surface area contributed by atoms with Crippen molar-refractivity contribution in [2.75, 3.05) is 12.3 Å². The van der Waals surface area contributed by atoms with Crippen molar-refractivity contribution in [2.24, 2.45) is 10.8 Å². The van der Waals surface area contributed by atoms with E-state index < -0.39 is 0 Å². The van der Waals surface area contributed by atoms with Crippen LogP contribution in [-0.2, 0) is 4.79 Å². The van der Waals surface area contributed by atoms with Crippen LogP contribution in [0.25, 0.3) is 5.69 Å². The summed E-state index contributed by atoms with van der Waals surface area (Å²) in [6.07, 6.45) is 3.42. The number of fused-ring (bicyclic) bond motifs is 2. The highest BCUT2D eigenvalue weighted by atomic mass is 32.2. The smallest absolute Gasteiger partial charge is 0.233 e. The number of aromatic nitrogens is 4. The maximum absolute atomic E-state index is 13.0. The minimum absolute atomic E-state index is 0.200. The summed E-state index contributed by atoms with van der Waals surface area (Å²) in [7, 11) is 0. The van der Waals surface area contributed by atoms with Crippen molar-refractivity contribution in [3.8, 4) is 5.69 Å². The van der Waals surface area contributed by atoms with Crippen LogP contribution in [0.1, 0.15) is 65.4 Å². The molecular weight excluding hydrogens is 382 g/mol. The van der Waals surface area contributed by atoms with Crippen LogP contribution >= 0.6 is 11.8 Å². The Morgan fingerprint density at radius 3 is 2.62 bits per heavy atom. The zero-order valence-corrected chi connectivity index (χ0v) is 18.9. The number of hydrogen-bond donors (Lipinski definition) is 0. The Morgan fingerprint density at radius 2 is 1.93 bits per heavy atom. The fraction of sp³-hybridized carbons (Fsp3) is 0.636. The van der Waals surface area contributed by atoms with Gasteiger partial charge in [-0.05, 0) is 64.1 Å². The molecule has 1 aromatic carbocycles. The fourth-order valence-electron chi connectivity index (χ4n) is 5.39. The molecule has 1 aliphatic heterocycles. The van der Waals surface area contributed by atoms with Crippen LogP contribution in [-0.4, -0.2) is 49.4 Å².